The Bertz CT molecular complexity index is 459. The van der Waals surface area contributed by atoms with Crippen LogP contribution < -0.4 is 4.74 Å². The second-order valence-electron chi connectivity index (χ2n) is 5.00. The van der Waals surface area contributed by atoms with Gasteiger partial charge in [-0.3, -0.25) is 0 Å². The molecule has 2 heteroatoms. The van der Waals surface area contributed by atoms with Gasteiger partial charge in [0.2, 0.25) is 0 Å². The van der Waals surface area contributed by atoms with E-state index in [1.165, 1.54) is 0 Å². The van der Waals surface area contributed by atoms with E-state index in [0.29, 0.717) is 18.3 Å². The molecule has 1 aromatic carbocycles. The van der Waals surface area contributed by atoms with E-state index in [1.807, 2.05) is 30.3 Å². The molecule has 0 radical (unpaired) electrons. The zero-order valence-corrected chi connectivity index (χ0v) is 11.3. The molecule has 0 heterocycles. The van der Waals surface area contributed by atoms with E-state index in [9.17, 15) is 4.79 Å². The molecule has 100 valence electrons. The molecule has 0 amide bonds. The van der Waals surface area contributed by atoms with Gasteiger partial charge >= 0.3 is 0 Å². The average molecular weight is 256 g/mol. The monoisotopic (exact) mass is 256 g/mol. The van der Waals surface area contributed by atoms with Gasteiger partial charge in [0.05, 0.1) is 0 Å². The van der Waals surface area contributed by atoms with Crippen LogP contribution in [0.4, 0.5) is 0 Å². The summed E-state index contributed by atoms with van der Waals surface area (Å²) < 4.78 is 5.92. The summed E-state index contributed by atoms with van der Waals surface area (Å²) >= 11 is 0. The maximum Gasteiger partial charge on any atom is 0.126 e. The average Bonchev–Trinajstić information content (AvgIpc) is 2.66. The van der Waals surface area contributed by atoms with Gasteiger partial charge in [0, 0.05) is 12.8 Å². The van der Waals surface area contributed by atoms with Crippen LogP contribution in [0.5, 0.6) is 5.75 Å². The van der Waals surface area contributed by atoms with Crippen molar-refractivity contribution in [2.75, 3.05) is 0 Å². The van der Waals surface area contributed by atoms with E-state index in [0.717, 1.165) is 30.6 Å². The van der Waals surface area contributed by atoms with Crippen molar-refractivity contribution in [3.63, 3.8) is 0 Å². The van der Waals surface area contributed by atoms with Crippen molar-refractivity contribution < 1.29 is 9.53 Å². The maximum atomic E-state index is 10.6. The number of hydrogen-bond acceptors (Lipinski definition) is 2. The summed E-state index contributed by atoms with van der Waals surface area (Å²) in [5.41, 5.74) is 0. The summed E-state index contributed by atoms with van der Waals surface area (Å²) in [6, 6.07) is 9.83. The van der Waals surface area contributed by atoms with Gasteiger partial charge in [0.1, 0.15) is 17.8 Å². The normalized spacial score (nSPS) is 20.3. The minimum absolute atomic E-state index is 0.356. The van der Waals surface area contributed by atoms with Gasteiger partial charge in [-0.2, -0.15) is 0 Å². The van der Waals surface area contributed by atoms with Gasteiger partial charge in [-0.1, -0.05) is 37.3 Å². The molecule has 2 atom stereocenters. The molecule has 2 rings (SSSR count). The van der Waals surface area contributed by atoms with Gasteiger partial charge in [0.25, 0.3) is 0 Å². The first-order valence-corrected chi connectivity index (χ1v) is 6.82. The number of hydrogen-bond donors (Lipinski definition) is 0. The minimum Gasteiger partial charge on any atom is -0.462 e. The minimum atomic E-state index is 0.356. The van der Waals surface area contributed by atoms with Crippen molar-refractivity contribution in [1.29, 1.82) is 0 Å². The molecule has 0 saturated carbocycles. The summed E-state index contributed by atoms with van der Waals surface area (Å²) in [5.74, 6) is 2.57. The fourth-order valence-electron chi connectivity index (χ4n) is 2.27. The number of benzene rings is 1. The van der Waals surface area contributed by atoms with E-state index in [1.54, 1.807) is 0 Å². The molecule has 2 unspecified atom stereocenters. The fraction of sp³-hybridized carbons (Fsp3) is 0.353. The van der Waals surface area contributed by atoms with Crippen molar-refractivity contribution in [3.05, 3.63) is 54.3 Å². The van der Waals surface area contributed by atoms with Crippen LogP contribution in [0.3, 0.4) is 0 Å². The predicted molar refractivity (Wildman–Crippen MR) is 76.9 cm³/mol. The lowest BCUT2D eigenvalue weighted by Crippen LogP contribution is -2.10. The highest BCUT2D eigenvalue weighted by Crippen LogP contribution is 2.27. The van der Waals surface area contributed by atoms with Crippen LogP contribution in [-0.4, -0.2) is 6.29 Å². The van der Waals surface area contributed by atoms with Crippen LogP contribution >= 0.6 is 0 Å². The lowest BCUT2D eigenvalue weighted by molar-refractivity contribution is -0.108. The van der Waals surface area contributed by atoms with E-state index >= 15 is 0 Å². The third kappa shape index (κ3) is 4.09. The summed E-state index contributed by atoms with van der Waals surface area (Å²) in [5, 5.41) is 0. The van der Waals surface area contributed by atoms with Crippen molar-refractivity contribution in [3.8, 4) is 5.75 Å². The molecule has 0 saturated heterocycles. The van der Waals surface area contributed by atoms with Gasteiger partial charge in [-0.15, -0.1) is 0 Å². The van der Waals surface area contributed by atoms with E-state index in [2.05, 4.69) is 25.2 Å². The third-order valence-corrected chi connectivity index (χ3v) is 3.48. The highest BCUT2D eigenvalue weighted by Gasteiger charge is 2.16. The Hall–Kier alpha value is -1.83. The summed E-state index contributed by atoms with van der Waals surface area (Å²) in [7, 11) is 0. The fourth-order valence-corrected chi connectivity index (χ4v) is 2.27. The van der Waals surface area contributed by atoms with Gasteiger partial charge in [-0.05, 0) is 36.5 Å². The van der Waals surface area contributed by atoms with Crippen LogP contribution in [0, 0.1) is 11.8 Å². The van der Waals surface area contributed by atoms with Crippen molar-refractivity contribution in [1.82, 2.24) is 0 Å². The van der Waals surface area contributed by atoms with E-state index < -0.39 is 0 Å². The number of carbonyl (C=O) groups excluding carboxylic acids is 1. The van der Waals surface area contributed by atoms with Crippen molar-refractivity contribution in [2.24, 2.45) is 11.8 Å². The molecule has 1 aromatic rings. The largest absolute Gasteiger partial charge is 0.462 e. The second-order valence-corrected chi connectivity index (χ2v) is 5.00. The first-order chi connectivity index (χ1) is 9.29. The summed E-state index contributed by atoms with van der Waals surface area (Å²) in [6.07, 6.45) is 9.92. The molecule has 19 heavy (non-hydrogen) atoms. The Morgan fingerprint density at radius 3 is 2.84 bits per heavy atom. The smallest absolute Gasteiger partial charge is 0.126 e. The molecular weight excluding hydrogens is 236 g/mol. The van der Waals surface area contributed by atoms with Gasteiger partial charge in [-0.25, -0.2) is 0 Å². The highest BCUT2D eigenvalue weighted by atomic mass is 16.5. The molecule has 0 aromatic heterocycles. The topological polar surface area (TPSA) is 26.3 Å². The number of aldehydes is 1. The standard InChI is InChI=1S/C17H20O2/c1-14(11-12-18)15-7-5-6-10-17(13-15)19-16-8-3-2-4-9-16/h2-6,8-9,12-15H,7,10-11H2,1H3. The number of allylic oxidation sites excluding steroid dienone is 3. The number of ether oxygens (including phenoxy) is 1. The lowest BCUT2D eigenvalue weighted by Gasteiger charge is -2.18. The zero-order chi connectivity index (χ0) is 13.5. The molecule has 1 aliphatic rings. The lowest BCUT2D eigenvalue weighted by atomic mass is 9.89. The van der Waals surface area contributed by atoms with Gasteiger partial charge < -0.3 is 9.53 Å². The first-order valence-electron chi connectivity index (χ1n) is 6.82. The van der Waals surface area contributed by atoms with Crippen LogP contribution in [0.15, 0.2) is 54.3 Å². The van der Waals surface area contributed by atoms with Gasteiger partial charge in [0.15, 0.2) is 0 Å². The molecule has 0 fully saturated rings. The molecule has 0 N–H and O–H groups in total. The Kier molecular flexibility index (Phi) is 4.96. The Labute approximate surface area is 114 Å². The second kappa shape index (κ2) is 6.93. The Morgan fingerprint density at radius 1 is 1.32 bits per heavy atom. The molecule has 0 spiro atoms. The predicted octanol–water partition coefficient (Wildman–Crippen LogP) is 4.14. The number of para-hydroxylation sites is 1. The van der Waals surface area contributed by atoms with Crippen LogP contribution in [0.1, 0.15) is 26.2 Å². The van der Waals surface area contributed by atoms with Crippen molar-refractivity contribution >= 4 is 6.29 Å². The van der Waals surface area contributed by atoms with E-state index in [-0.39, 0.29) is 0 Å². The Balaban J connectivity index is 2.09. The molecule has 2 nitrogen and oxygen atoms in total. The maximum absolute atomic E-state index is 10.6. The summed E-state index contributed by atoms with van der Waals surface area (Å²) in [4.78, 5) is 10.6. The zero-order valence-electron chi connectivity index (χ0n) is 11.3. The first kappa shape index (κ1) is 13.6. The molecule has 1 aliphatic carbocycles. The quantitative estimate of drug-likeness (QED) is 0.584. The molecule has 0 aliphatic heterocycles. The van der Waals surface area contributed by atoms with Crippen LogP contribution in [0.25, 0.3) is 0 Å². The van der Waals surface area contributed by atoms with Crippen molar-refractivity contribution in [2.45, 2.75) is 26.2 Å². The highest BCUT2D eigenvalue weighted by molar-refractivity contribution is 5.49. The SMILES string of the molecule is CC(CC=O)C1C=C(Oc2ccccc2)CC=CC1. The molecule has 0 bridgehead atoms. The number of carbonyl (C=O) groups is 1. The summed E-state index contributed by atoms with van der Waals surface area (Å²) in [6.45, 7) is 2.12. The third-order valence-electron chi connectivity index (χ3n) is 3.48. The van der Waals surface area contributed by atoms with Crippen LogP contribution in [0.2, 0.25) is 0 Å². The van der Waals surface area contributed by atoms with E-state index in [4.69, 9.17) is 4.74 Å². The number of rotatable bonds is 5. The van der Waals surface area contributed by atoms with Crippen LogP contribution in [-0.2, 0) is 4.79 Å². The molecular formula is C17H20O2. The Morgan fingerprint density at radius 2 is 2.11 bits per heavy atom.